The van der Waals surface area contributed by atoms with Crippen LogP contribution < -0.4 is 11.1 Å². The molecule has 2 heterocycles. The average Bonchev–Trinajstić information content (AvgIpc) is 2.60. The lowest BCUT2D eigenvalue weighted by atomic mass is 9.90. The number of hydrogen-bond donors (Lipinski definition) is 2. The van der Waals surface area contributed by atoms with Gasteiger partial charge in [-0.3, -0.25) is 9.59 Å². The number of nitrogens with zero attached hydrogens (tertiary/aromatic N) is 3. The van der Waals surface area contributed by atoms with E-state index in [0.29, 0.717) is 35.8 Å². The van der Waals surface area contributed by atoms with Gasteiger partial charge in [0.2, 0.25) is 11.8 Å². The molecule has 1 atom stereocenters. The van der Waals surface area contributed by atoms with Crippen LogP contribution in [0.1, 0.15) is 51.4 Å². The highest BCUT2D eigenvalue weighted by Gasteiger charge is 2.27. The van der Waals surface area contributed by atoms with E-state index >= 15 is 0 Å². The Balaban J connectivity index is 1.82. The maximum Gasteiger partial charge on any atom is 0.244 e. The third-order valence-electron chi connectivity index (χ3n) is 5.08. The topological polar surface area (TPSA) is 101 Å². The molecule has 1 saturated heterocycles. The number of nitrogen functional groups attached to an aromatic ring is 1. The van der Waals surface area contributed by atoms with Gasteiger partial charge in [0.15, 0.2) is 0 Å². The Hall–Kier alpha value is -1.89. The molecule has 0 spiro atoms. The van der Waals surface area contributed by atoms with Crippen molar-refractivity contribution in [2.45, 2.75) is 59.4 Å². The summed E-state index contributed by atoms with van der Waals surface area (Å²) in [5.74, 6) is 1.30. The fourth-order valence-electron chi connectivity index (χ4n) is 3.32. The Morgan fingerprint density at radius 1 is 1.26 bits per heavy atom. The van der Waals surface area contributed by atoms with Crippen molar-refractivity contribution in [3.05, 3.63) is 16.5 Å². The van der Waals surface area contributed by atoms with Gasteiger partial charge < -0.3 is 16.0 Å². The first-order chi connectivity index (χ1) is 12.7. The van der Waals surface area contributed by atoms with Gasteiger partial charge >= 0.3 is 0 Å². The van der Waals surface area contributed by atoms with Crippen molar-refractivity contribution in [1.82, 2.24) is 20.2 Å². The van der Waals surface area contributed by atoms with Crippen LogP contribution in [0.5, 0.6) is 0 Å². The Labute approximate surface area is 166 Å². The van der Waals surface area contributed by atoms with Gasteiger partial charge in [-0.25, -0.2) is 9.97 Å². The van der Waals surface area contributed by atoms with Crippen LogP contribution in [0, 0.1) is 18.8 Å². The molecular weight excluding hydrogens is 366 g/mol. The summed E-state index contributed by atoms with van der Waals surface area (Å²) in [6.07, 6.45) is 3.55. The Bertz CT molecular complexity index is 664. The number of amides is 2. The van der Waals surface area contributed by atoms with E-state index in [0.717, 1.165) is 31.2 Å². The van der Waals surface area contributed by atoms with E-state index in [1.165, 1.54) is 0 Å². The van der Waals surface area contributed by atoms with E-state index in [1.54, 1.807) is 13.8 Å². The summed E-state index contributed by atoms with van der Waals surface area (Å²) in [6.45, 7) is 8.56. The number of aromatic nitrogens is 2. The summed E-state index contributed by atoms with van der Waals surface area (Å²) < 4.78 is 0. The zero-order chi connectivity index (χ0) is 20.1. The zero-order valence-electron chi connectivity index (χ0n) is 16.6. The molecule has 2 rings (SSSR count). The average molecular weight is 396 g/mol. The van der Waals surface area contributed by atoms with E-state index in [2.05, 4.69) is 15.3 Å². The molecule has 1 aromatic rings. The predicted octanol–water partition coefficient (Wildman–Crippen LogP) is 2.35. The smallest absolute Gasteiger partial charge is 0.244 e. The fraction of sp³-hybridized carbons (Fsp3) is 0.684. The lowest BCUT2D eigenvalue weighted by molar-refractivity contribution is -0.137. The molecule has 0 saturated carbocycles. The van der Waals surface area contributed by atoms with Crippen LogP contribution in [-0.2, 0) is 16.0 Å². The molecule has 8 heteroatoms. The number of hydrogen-bond acceptors (Lipinski definition) is 5. The number of nitrogens with two attached hydrogens (primary N) is 1. The molecule has 1 aromatic heterocycles. The van der Waals surface area contributed by atoms with Crippen molar-refractivity contribution in [3.63, 3.8) is 0 Å². The zero-order valence-corrected chi connectivity index (χ0v) is 17.3. The number of nitrogens with one attached hydrogen (secondary N) is 1. The van der Waals surface area contributed by atoms with Crippen molar-refractivity contribution in [2.75, 3.05) is 18.8 Å². The first kappa shape index (κ1) is 21.4. The third-order valence-corrected chi connectivity index (χ3v) is 5.40. The molecule has 3 N–H and O–H groups in total. The summed E-state index contributed by atoms with van der Waals surface area (Å²) in [6, 6.07) is -0.486. The van der Waals surface area contributed by atoms with Gasteiger partial charge in [-0.2, -0.15) is 0 Å². The molecule has 7 nitrogen and oxygen atoms in total. The molecular formula is C19H30ClN5O2. The number of likely N-dealkylation sites (tertiary alicyclic amines) is 1. The fourth-order valence-corrected chi connectivity index (χ4v) is 3.63. The van der Waals surface area contributed by atoms with Gasteiger partial charge in [-0.1, -0.05) is 25.4 Å². The first-order valence-electron chi connectivity index (χ1n) is 9.56. The second-order valence-corrected chi connectivity index (χ2v) is 7.98. The van der Waals surface area contributed by atoms with Crippen LogP contribution in [-0.4, -0.2) is 45.8 Å². The second kappa shape index (κ2) is 9.35. The summed E-state index contributed by atoms with van der Waals surface area (Å²) in [5.41, 5.74) is 6.78. The number of aryl methyl sites for hydroxylation is 1. The van der Waals surface area contributed by atoms with E-state index in [1.807, 2.05) is 18.7 Å². The minimum Gasteiger partial charge on any atom is -0.383 e. The van der Waals surface area contributed by atoms with Gasteiger partial charge in [0.1, 0.15) is 22.8 Å². The lowest BCUT2D eigenvalue weighted by Crippen LogP contribution is -2.50. The monoisotopic (exact) mass is 395 g/mol. The van der Waals surface area contributed by atoms with Gasteiger partial charge in [-0.15, -0.1) is 0 Å². The molecule has 0 aliphatic carbocycles. The van der Waals surface area contributed by atoms with Crippen LogP contribution in [0.25, 0.3) is 0 Å². The van der Waals surface area contributed by atoms with Crippen molar-refractivity contribution < 1.29 is 9.59 Å². The van der Waals surface area contributed by atoms with Crippen LogP contribution >= 0.6 is 11.6 Å². The first-order valence-corrected chi connectivity index (χ1v) is 9.94. The summed E-state index contributed by atoms with van der Waals surface area (Å²) in [5, 5.41) is 3.21. The van der Waals surface area contributed by atoms with Gasteiger partial charge in [0.25, 0.3) is 0 Å². The molecule has 2 amide bonds. The highest BCUT2D eigenvalue weighted by atomic mass is 35.5. The molecule has 0 bridgehead atoms. The highest BCUT2D eigenvalue weighted by molar-refractivity contribution is 6.30. The molecule has 0 aromatic carbocycles. The van der Waals surface area contributed by atoms with Crippen LogP contribution in [0.15, 0.2) is 0 Å². The Morgan fingerprint density at radius 3 is 2.44 bits per heavy atom. The minimum atomic E-state index is -0.486. The van der Waals surface area contributed by atoms with Crippen LogP contribution in [0.4, 0.5) is 5.82 Å². The molecule has 1 fully saturated rings. The number of carbonyl (C=O) groups is 2. The Kier molecular flexibility index (Phi) is 7.41. The standard InChI is InChI=1S/C19H30ClN5O2/c1-11(2)18(26)22-12(3)19(27)25-9-7-14(8-10-25)5-6-15-16(20)23-13(4)24-17(15)21/h11-12,14H,5-10H2,1-4H3,(H,22,26)(H2,21,23,24)/t12-/m0/s1. The molecule has 150 valence electrons. The maximum absolute atomic E-state index is 12.5. The Morgan fingerprint density at radius 2 is 1.89 bits per heavy atom. The van der Waals surface area contributed by atoms with E-state index in [9.17, 15) is 9.59 Å². The summed E-state index contributed by atoms with van der Waals surface area (Å²) >= 11 is 6.20. The van der Waals surface area contributed by atoms with Crippen LogP contribution in [0.3, 0.4) is 0 Å². The van der Waals surface area contributed by atoms with Gasteiger partial charge in [-0.05, 0) is 45.4 Å². The van der Waals surface area contributed by atoms with E-state index < -0.39 is 6.04 Å². The third kappa shape index (κ3) is 5.79. The quantitative estimate of drug-likeness (QED) is 0.720. The SMILES string of the molecule is Cc1nc(N)c(CCC2CCN(C(=O)[C@H](C)NC(=O)C(C)C)CC2)c(Cl)n1. The van der Waals surface area contributed by atoms with Gasteiger partial charge in [0, 0.05) is 24.6 Å². The number of anilines is 1. The van der Waals surface area contributed by atoms with Crippen LogP contribution in [0.2, 0.25) is 5.15 Å². The molecule has 1 aliphatic rings. The van der Waals surface area contributed by atoms with Gasteiger partial charge in [0.05, 0.1) is 0 Å². The second-order valence-electron chi connectivity index (χ2n) is 7.62. The van der Waals surface area contributed by atoms with Crippen molar-refractivity contribution >= 4 is 29.2 Å². The largest absolute Gasteiger partial charge is 0.383 e. The van der Waals surface area contributed by atoms with Crippen molar-refractivity contribution in [1.29, 1.82) is 0 Å². The molecule has 1 aliphatic heterocycles. The predicted molar refractivity (Wildman–Crippen MR) is 106 cm³/mol. The maximum atomic E-state index is 12.5. The number of halogens is 1. The number of carbonyl (C=O) groups excluding carboxylic acids is 2. The normalized spacial score (nSPS) is 16.4. The minimum absolute atomic E-state index is 0.0123. The summed E-state index contributed by atoms with van der Waals surface area (Å²) in [7, 11) is 0. The number of piperidine rings is 1. The molecule has 27 heavy (non-hydrogen) atoms. The molecule has 0 radical (unpaired) electrons. The van der Waals surface area contributed by atoms with E-state index in [4.69, 9.17) is 17.3 Å². The highest BCUT2D eigenvalue weighted by Crippen LogP contribution is 2.26. The number of rotatable bonds is 6. The molecule has 0 unspecified atom stereocenters. The lowest BCUT2D eigenvalue weighted by Gasteiger charge is -2.34. The van der Waals surface area contributed by atoms with Crippen molar-refractivity contribution in [3.8, 4) is 0 Å². The van der Waals surface area contributed by atoms with Crippen molar-refractivity contribution in [2.24, 2.45) is 11.8 Å². The van der Waals surface area contributed by atoms with E-state index in [-0.39, 0.29) is 17.7 Å². The summed E-state index contributed by atoms with van der Waals surface area (Å²) in [4.78, 5) is 34.5.